The molecule has 0 fully saturated rings. The number of phenolic OH excluding ortho intramolecular Hbond substituents is 1. The lowest BCUT2D eigenvalue weighted by Gasteiger charge is -2.07. The first-order chi connectivity index (χ1) is 10.8. The lowest BCUT2D eigenvalue weighted by molar-refractivity contribution is 0.222. The average molecular weight is 294 g/mol. The monoisotopic (exact) mass is 294 g/mol. The smallest absolute Gasteiger partial charge is 0.119 e. The van der Waals surface area contributed by atoms with E-state index in [1.807, 2.05) is 48.6 Å². The lowest BCUT2D eigenvalue weighted by atomic mass is 10.1. The van der Waals surface area contributed by atoms with Crippen LogP contribution in [0.15, 0.2) is 66.4 Å². The summed E-state index contributed by atoms with van der Waals surface area (Å²) in [7, 11) is 0. The summed E-state index contributed by atoms with van der Waals surface area (Å²) in [6.45, 7) is 2.87. The minimum atomic E-state index is 0.274. The number of hydrogen-bond donors (Lipinski definition) is 1. The predicted octanol–water partition coefficient (Wildman–Crippen LogP) is 5.26. The van der Waals surface area contributed by atoms with Crippen molar-refractivity contribution in [3.8, 4) is 5.75 Å². The number of phenols is 1. The molecule has 0 unspecified atom stereocenters. The van der Waals surface area contributed by atoms with E-state index in [9.17, 15) is 5.11 Å². The Hall–Kier alpha value is -2.48. The molecule has 0 aliphatic carbocycles. The molecule has 0 saturated heterocycles. The molecule has 0 spiro atoms. The van der Waals surface area contributed by atoms with Gasteiger partial charge in [-0.25, -0.2) is 0 Å². The minimum Gasteiger partial charge on any atom is -0.508 e. The Bertz CT molecular complexity index is 610. The van der Waals surface area contributed by atoms with Crippen molar-refractivity contribution in [1.82, 2.24) is 0 Å². The second-order valence-electron chi connectivity index (χ2n) is 5.08. The van der Waals surface area contributed by atoms with Gasteiger partial charge in [0.2, 0.25) is 0 Å². The Labute approximate surface area is 132 Å². The quantitative estimate of drug-likeness (QED) is 0.428. The van der Waals surface area contributed by atoms with Crippen LogP contribution < -0.4 is 0 Å². The fourth-order valence-electron chi connectivity index (χ4n) is 1.95. The molecular weight excluding hydrogens is 272 g/mol. The van der Waals surface area contributed by atoms with Gasteiger partial charge in [0.1, 0.15) is 11.5 Å². The van der Waals surface area contributed by atoms with Crippen LogP contribution in [0.2, 0.25) is 0 Å². The first-order valence-electron chi connectivity index (χ1n) is 7.64. The standard InChI is InChI=1S/C20H22O2/c1-2-3-15-22-20(16-18-7-5-4-6-8-18)14-11-17-9-12-19(21)13-10-17/h4-14,16,21H,2-3,15H2,1H3. The van der Waals surface area contributed by atoms with E-state index in [1.54, 1.807) is 12.1 Å². The van der Waals surface area contributed by atoms with Crippen molar-refractivity contribution in [3.05, 3.63) is 77.6 Å². The molecule has 0 saturated carbocycles. The topological polar surface area (TPSA) is 29.5 Å². The highest BCUT2D eigenvalue weighted by Gasteiger charge is 1.96. The molecule has 2 heteroatoms. The zero-order chi connectivity index (χ0) is 15.6. The van der Waals surface area contributed by atoms with Gasteiger partial charge < -0.3 is 9.84 Å². The Kier molecular flexibility index (Phi) is 6.31. The van der Waals surface area contributed by atoms with Crippen molar-refractivity contribution in [3.63, 3.8) is 0 Å². The van der Waals surface area contributed by atoms with Gasteiger partial charge in [0.15, 0.2) is 0 Å². The predicted molar refractivity (Wildman–Crippen MR) is 92.4 cm³/mol. The van der Waals surface area contributed by atoms with Gasteiger partial charge in [0.25, 0.3) is 0 Å². The first kappa shape index (κ1) is 15.9. The summed E-state index contributed by atoms with van der Waals surface area (Å²) in [4.78, 5) is 0. The molecule has 0 aromatic heterocycles. The maximum absolute atomic E-state index is 9.31. The van der Waals surface area contributed by atoms with Crippen LogP contribution >= 0.6 is 0 Å². The maximum Gasteiger partial charge on any atom is 0.119 e. The summed E-state index contributed by atoms with van der Waals surface area (Å²) in [5, 5.41) is 9.31. The van der Waals surface area contributed by atoms with E-state index in [1.165, 1.54) is 0 Å². The maximum atomic E-state index is 9.31. The molecule has 22 heavy (non-hydrogen) atoms. The van der Waals surface area contributed by atoms with E-state index in [4.69, 9.17) is 4.74 Å². The molecule has 2 aromatic carbocycles. The van der Waals surface area contributed by atoms with Crippen molar-refractivity contribution < 1.29 is 9.84 Å². The molecule has 2 nitrogen and oxygen atoms in total. The van der Waals surface area contributed by atoms with Gasteiger partial charge in [-0.15, -0.1) is 0 Å². The van der Waals surface area contributed by atoms with Crippen molar-refractivity contribution >= 4 is 12.2 Å². The average Bonchev–Trinajstić information content (AvgIpc) is 2.55. The van der Waals surface area contributed by atoms with Crippen LogP contribution in [0.3, 0.4) is 0 Å². The second kappa shape index (κ2) is 8.73. The molecule has 2 rings (SSSR count). The Morgan fingerprint density at radius 3 is 2.41 bits per heavy atom. The summed E-state index contributed by atoms with van der Waals surface area (Å²) in [6, 6.07) is 17.2. The number of ether oxygens (including phenoxy) is 1. The van der Waals surface area contributed by atoms with Crippen LogP contribution in [0.5, 0.6) is 5.75 Å². The molecule has 0 aliphatic rings. The van der Waals surface area contributed by atoms with Gasteiger partial charge >= 0.3 is 0 Å². The normalized spacial score (nSPS) is 11.8. The summed E-state index contributed by atoms with van der Waals surface area (Å²) < 4.78 is 5.86. The fraction of sp³-hybridized carbons (Fsp3) is 0.200. The number of hydrogen-bond acceptors (Lipinski definition) is 2. The van der Waals surface area contributed by atoms with Gasteiger partial charge in [0.05, 0.1) is 6.61 Å². The van der Waals surface area contributed by atoms with E-state index in [2.05, 4.69) is 19.1 Å². The summed E-state index contributed by atoms with van der Waals surface area (Å²) in [5.74, 6) is 1.11. The molecule has 2 aromatic rings. The van der Waals surface area contributed by atoms with Gasteiger partial charge in [-0.3, -0.25) is 0 Å². The number of aromatic hydroxyl groups is 1. The molecule has 114 valence electrons. The van der Waals surface area contributed by atoms with Crippen LogP contribution in [0, 0.1) is 0 Å². The third kappa shape index (κ3) is 5.49. The highest BCUT2D eigenvalue weighted by molar-refractivity contribution is 5.60. The van der Waals surface area contributed by atoms with E-state index in [-0.39, 0.29) is 5.75 Å². The van der Waals surface area contributed by atoms with Gasteiger partial charge in [-0.1, -0.05) is 61.9 Å². The van der Waals surface area contributed by atoms with Gasteiger partial charge in [-0.2, -0.15) is 0 Å². The zero-order valence-electron chi connectivity index (χ0n) is 12.9. The Morgan fingerprint density at radius 2 is 1.73 bits per heavy atom. The SMILES string of the molecule is CCCCOC(C=Cc1ccc(O)cc1)=Cc1ccccc1. The number of rotatable bonds is 7. The summed E-state index contributed by atoms with van der Waals surface area (Å²) in [6.07, 6.45) is 8.14. The van der Waals surface area contributed by atoms with Crippen LogP contribution in [-0.2, 0) is 4.74 Å². The summed E-state index contributed by atoms with van der Waals surface area (Å²) >= 11 is 0. The molecule has 0 bridgehead atoms. The van der Waals surface area contributed by atoms with E-state index in [0.29, 0.717) is 0 Å². The molecule has 0 heterocycles. The number of benzene rings is 2. The third-order valence-corrected chi connectivity index (χ3v) is 3.21. The van der Waals surface area contributed by atoms with Crippen LogP contribution in [-0.4, -0.2) is 11.7 Å². The number of allylic oxidation sites excluding steroid dienone is 1. The molecule has 0 amide bonds. The lowest BCUT2D eigenvalue weighted by Crippen LogP contribution is -1.92. The third-order valence-electron chi connectivity index (χ3n) is 3.21. The molecular formula is C20H22O2. The fourth-order valence-corrected chi connectivity index (χ4v) is 1.95. The summed E-state index contributed by atoms with van der Waals surface area (Å²) in [5.41, 5.74) is 2.14. The minimum absolute atomic E-state index is 0.274. The number of unbranched alkanes of at least 4 members (excludes halogenated alkanes) is 1. The molecule has 0 aliphatic heterocycles. The molecule has 0 radical (unpaired) electrons. The van der Waals surface area contributed by atoms with Crippen LogP contribution in [0.4, 0.5) is 0 Å². The highest BCUT2D eigenvalue weighted by Crippen LogP contribution is 2.14. The zero-order valence-corrected chi connectivity index (χ0v) is 12.9. The van der Waals surface area contributed by atoms with E-state index < -0.39 is 0 Å². The van der Waals surface area contributed by atoms with E-state index >= 15 is 0 Å². The molecule has 1 N–H and O–H groups in total. The van der Waals surface area contributed by atoms with Crippen LogP contribution in [0.25, 0.3) is 12.2 Å². The molecule has 0 atom stereocenters. The van der Waals surface area contributed by atoms with Crippen molar-refractivity contribution in [2.75, 3.05) is 6.61 Å². The van der Waals surface area contributed by atoms with Crippen LogP contribution in [0.1, 0.15) is 30.9 Å². The van der Waals surface area contributed by atoms with Crippen molar-refractivity contribution in [1.29, 1.82) is 0 Å². The largest absolute Gasteiger partial charge is 0.508 e. The highest BCUT2D eigenvalue weighted by atomic mass is 16.5. The van der Waals surface area contributed by atoms with E-state index in [0.717, 1.165) is 36.3 Å². The Morgan fingerprint density at radius 1 is 1.00 bits per heavy atom. The van der Waals surface area contributed by atoms with Crippen molar-refractivity contribution in [2.45, 2.75) is 19.8 Å². The van der Waals surface area contributed by atoms with Crippen molar-refractivity contribution in [2.24, 2.45) is 0 Å². The van der Waals surface area contributed by atoms with Gasteiger partial charge in [-0.05, 0) is 41.8 Å². The Balaban J connectivity index is 2.13. The second-order valence-corrected chi connectivity index (χ2v) is 5.08. The first-order valence-corrected chi connectivity index (χ1v) is 7.64. The van der Waals surface area contributed by atoms with Gasteiger partial charge in [0, 0.05) is 0 Å².